The predicted octanol–water partition coefficient (Wildman–Crippen LogP) is 5.02. The summed E-state index contributed by atoms with van der Waals surface area (Å²) in [6.07, 6.45) is 5.05. The first-order chi connectivity index (χ1) is 29.3. The molecule has 1 aromatic heterocycles. The van der Waals surface area contributed by atoms with E-state index in [-0.39, 0.29) is 86.5 Å². The topological polar surface area (TPSA) is 215 Å². The van der Waals surface area contributed by atoms with Crippen molar-refractivity contribution in [1.29, 1.82) is 0 Å². The van der Waals surface area contributed by atoms with Gasteiger partial charge in [-0.3, -0.25) is 0 Å². The van der Waals surface area contributed by atoms with E-state index < -0.39 is 51.6 Å². The van der Waals surface area contributed by atoms with Crippen LogP contribution in [0, 0.1) is 32.5 Å². The van der Waals surface area contributed by atoms with Gasteiger partial charge in [0.15, 0.2) is 12.4 Å². The lowest BCUT2D eigenvalue weighted by Gasteiger charge is -2.48. The summed E-state index contributed by atoms with van der Waals surface area (Å²) < 4.78 is 34.9. The van der Waals surface area contributed by atoms with E-state index in [0.717, 1.165) is 0 Å². The van der Waals surface area contributed by atoms with Crippen LogP contribution in [0.3, 0.4) is 0 Å². The second-order valence-electron chi connectivity index (χ2n) is 22.8. The molecule has 3 N–H and O–H groups in total. The van der Waals surface area contributed by atoms with E-state index in [1.807, 2.05) is 20.8 Å². The lowest BCUT2D eigenvalue weighted by Crippen LogP contribution is -2.60. The lowest BCUT2D eigenvalue weighted by atomic mass is 9.62. The van der Waals surface area contributed by atoms with Crippen LogP contribution in [0.25, 0.3) is 0 Å². The van der Waals surface area contributed by atoms with Gasteiger partial charge in [0, 0.05) is 44.9 Å². The lowest BCUT2D eigenvalue weighted by molar-refractivity contribution is 0.0389. The molecule has 18 heteroatoms. The van der Waals surface area contributed by atoms with Gasteiger partial charge in [0.1, 0.15) is 25.6 Å². The monoisotopic (exact) mass is 889 g/mol. The van der Waals surface area contributed by atoms with Crippen molar-refractivity contribution >= 4 is 18.3 Å². The molecule has 4 fully saturated rings. The number of rotatable bonds is 16. The number of hydrogen-bond acceptors (Lipinski definition) is 12. The fourth-order valence-corrected chi connectivity index (χ4v) is 12.2. The van der Waals surface area contributed by atoms with Crippen molar-refractivity contribution in [1.82, 2.24) is 29.7 Å². The minimum atomic E-state index is -0.698. The SMILES string of the molecule is COCCOC(=O)NC1CC(C)(C)CC(C)(Cn2c(=O)n(CC3(C)CC(NC(=O)OCC4=CO4)CC(C)(C)C3)c(=O)n(CC3(C)CC(NC(=O)OCC4CO4)CC(C)(C)C3)c2=O)C1. The highest BCUT2D eigenvalue weighted by atomic mass is 16.6. The summed E-state index contributed by atoms with van der Waals surface area (Å²) in [7, 11) is 1.53. The third-order valence-corrected chi connectivity index (χ3v) is 13.3. The van der Waals surface area contributed by atoms with Crippen LogP contribution in [0.5, 0.6) is 0 Å². The molecule has 5 aliphatic rings. The van der Waals surface area contributed by atoms with Gasteiger partial charge in [-0.2, -0.15) is 0 Å². The molecule has 6 rings (SSSR count). The summed E-state index contributed by atoms with van der Waals surface area (Å²) in [6, 6.07) is -0.909. The van der Waals surface area contributed by atoms with Crippen molar-refractivity contribution in [2.75, 3.05) is 40.1 Å². The Bertz CT molecular complexity index is 2090. The van der Waals surface area contributed by atoms with E-state index in [2.05, 4.69) is 57.5 Å². The molecule has 0 bridgehead atoms. The molecule has 3 aliphatic carbocycles. The first-order valence-corrected chi connectivity index (χ1v) is 22.5. The summed E-state index contributed by atoms with van der Waals surface area (Å²) in [4.78, 5) is 83.3. The van der Waals surface area contributed by atoms with E-state index in [9.17, 15) is 28.8 Å². The number of amides is 3. The van der Waals surface area contributed by atoms with E-state index in [1.54, 1.807) is 0 Å². The molecular formula is C45H72N6O12. The van der Waals surface area contributed by atoms with Crippen LogP contribution in [-0.2, 0) is 48.1 Å². The molecule has 3 amide bonds. The standard InChI is InChI=1S/C45H72N6O12/c1-40(2)13-29(46-34(52)59-12-11-58-10)16-43(7,23-40)26-49-37(55)50(27-44(8)17-30(14-41(3,4)24-44)47-35(53)62-21-32-19-60-32)39(57)51(38(49)56)28-45(9)18-31(15-42(5,6)25-45)48-36(54)63-22-33-20-61-33/h19,29-31,33H,11-18,20-28H2,1-10H3,(H,46,52)(H,47,53)(H,48,54). The average molecular weight is 889 g/mol. The van der Waals surface area contributed by atoms with Gasteiger partial charge in [-0.1, -0.05) is 62.3 Å². The van der Waals surface area contributed by atoms with Crippen LogP contribution in [0.4, 0.5) is 14.4 Å². The number of nitrogens with one attached hydrogen (secondary N) is 3. The van der Waals surface area contributed by atoms with Gasteiger partial charge < -0.3 is 44.4 Å². The number of carbonyl (C=O) groups is 3. The van der Waals surface area contributed by atoms with Gasteiger partial charge in [-0.25, -0.2) is 42.5 Å². The van der Waals surface area contributed by atoms with Crippen LogP contribution < -0.4 is 33.0 Å². The molecule has 354 valence electrons. The van der Waals surface area contributed by atoms with Crippen molar-refractivity contribution in [3.8, 4) is 0 Å². The Morgan fingerprint density at radius 1 is 0.603 bits per heavy atom. The maximum Gasteiger partial charge on any atom is 0.407 e. The summed E-state index contributed by atoms with van der Waals surface area (Å²) >= 11 is 0. The molecule has 0 radical (unpaired) electrons. The van der Waals surface area contributed by atoms with Gasteiger partial charge in [-0.15, -0.1) is 0 Å². The van der Waals surface area contributed by atoms with Crippen molar-refractivity contribution < 1.29 is 42.8 Å². The van der Waals surface area contributed by atoms with E-state index in [1.165, 1.54) is 27.1 Å². The number of carbonyl (C=O) groups excluding carboxylic acids is 3. The Balaban J connectivity index is 1.34. The Morgan fingerprint density at radius 2 is 0.968 bits per heavy atom. The number of aromatic nitrogens is 3. The van der Waals surface area contributed by atoms with Gasteiger partial charge in [0.05, 0.1) is 13.2 Å². The molecule has 63 heavy (non-hydrogen) atoms. The quantitative estimate of drug-likeness (QED) is 0.113. The number of epoxide rings is 1. The summed E-state index contributed by atoms with van der Waals surface area (Å²) in [5.41, 5.74) is -4.88. The first kappa shape index (κ1) is 48.1. The van der Waals surface area contributed by atoms with Crippen LogP contribution >= 0.6 is 0 Å². The molecule has 1 saturated heterocycles. The summed E-state index contributed by atoms with van der Waals surface area (Å²) in [6.45, 7) is 19.8. The molecule has 0 spiro atoms. The molecule has 0 aromatic carbocycles. The second-order valence-corrected chi connectivity index (χ2v) is 22.8. The van der Waals surface area contributed by atoms with Gasteiger partial charge >= 0.3 is 35.3 Å². The maximum absolute atomic E-state index is 14.9. The summed E-state index contributed by atoms with van der Waals surface area (Å²) in [5.74, 6) is 0.585. The zero-order valence-electron chi connectivity index (χ0n) is 39.1. The molecule has 3 heterocycles. The highest BCUT2D eigenvalue weighted by Gasteiger charge is 2.47. The summed E-state index contributed by atoms with van der Waals surface area (Å²) in [5, 5.41) is 9.02. The Hall–Kier alpha value is -4.32. The second kappa shape index (κ2) is 18.3. The van der Waals surface area contributed by atoms with Gasteiger partial charge in [-0.05, 0) is 90.3 Å². The van der Waals surface area contributed by atoms with E-state index >= 15 is 0 Å². The predicted molar refractivity (Wildman–Crippen MR) is 232 cm³/mol. The largest absolute Gasteiger partial charge is 0.459 e. The van der Waals surface area contributed by atoms with Crippen molar-refractivity contribution in [2.45, 2.75) is 164 Å². The van der Waals surface area contributed by atoms with E-state index in [0.29, 0.717) is 70.2 Å². The normalized spacial score (nSPS) is 31.4. The number of ether oxygens (including phenoxy) is 6. The van der Waals surface area contributed by atoms with Gasteiger partial charge in [0.2, 0.25) is 0 Å². The van der Waals surface area contributed by atoms with Crippen LogP contribution in [-0.4, -0.2) is 96.4 Å². The van der Waals surface area contributed by atoms with Crippen molar-refractivity contribution in [3.63, 3.8) is 0 Å². The molecule has 2 aliphatic heterocycles. The number of hydrogen-bond donors (Lipinski definition) is 3. The molecule has 3 saturated carbocycles. The van der Waals surface area contributed by atoms with Gasteiger partial charge in [0.25, 0.3) is 0 Å². The smallest absolute Gasteiger partial charge is 0.407 e. The number of methoxy groups -OCH3 is 1. The van der Waals surface area contributed by atoms with E-state index in [4.69, 9.17) is 28.4 Å². The maximum atomic E-state index is 14.9. The highest BCUT2D eigenvalue weighted by Crippen LogP contribution is 2.49. The Kier molecular flexibility index (Phi) is 14.0. The molecule has 7 atom stereocenters. The minimum Gasteiger partial charge on any atom is -0.459 e. The minimum absolute atomic E-state index is 0.00493. The third-order valence-electron chi connectivity index (χ3n) is 13.3. The number of alkyl carbamates (subject to hydrolysis) is 3. The molecular weight excluding hydrogens is 817 g/mol. The highest BCUT2D eigenvalue weighted by molar-refractivity contribution is 5.68. The zero-order valence-corrected chi connectivity index (χ0v) is 39.1. The van der Waals surface area contributed by atoms with Crippen molar-refractivity contribution in [2.24, 2.45) is 32.5 Å². The molecule has 7 unspecified atom stereocenters. The Morgan fingerprint density at radius 3 is 1.32 bits per heavy atom. The van der Waals surface area contributed by atoms with Crippen LogP contribution in [0.1, 0.15) is 120 Å². The molecule has 18 nitrogen and oxygen atoms in total. The average Bonchev–Trinajstić information content (AvgIpc) is 4.06. The zero-order chi connectivity index (χ0) is 46.2. The van der Waals surface area contributed by atoms with Crippen LogP contribution in [0.15, 0.2) is 26.4 Å². The first-order valence-electron chi connectivity index (χ1n) is 22.5. The Labute approximate surface area is 370 Å². The fourth-order valence-electron chi connectivity index (χ4n) is 12.2. The van der Waals surface area contributed by atoms with Crippen LogP contribution in [0.2, 0.25) is 0 Å². The molecule has 1 aromatic rings. The third kappa shape index (κ3) is 13.4. The number of nitrogens with zero attached hydrogens (tertiary/aromatic N) is 3. The van der Waals surface area contributed by atoms with Crippen molar-refractivity contribution in [3.05, 3.63) is 43.5 Å². The fraction of sp³-hybridized carbons (Fsp3) is 0.822.